The van der Waals surface area contributed by atoms with Crippen LogP contribution in [0.5, 0.6) is 5.75 Å². The Morgan fingerprint density at radius 2 is 1.39 bits per heavy atom. The maximum absolute atomic E-state index is 13.5. The van der Waals surface area contributed by atoms with Crippen molar-refractivity contribution in [3.8, 4) is 5.75 Å². The van der Waals surface area contributed by atoms with Crippen LogP contribution in [0.2, 0.25) is 0 Å². The summed E-state index contributed by atoms with van der Waals surface area (Å²) < 4.78 is 10.3. The van der Waals surface area contributed by atoms with Crippen molar-refractivity contribution in [2.45, 2.75) is 81.9 Å². The minimum atomic E-state index is -1.83. The first kappa shape index (κ1) is 40.8. The summed E-state index contributed by atoms with van der Waals surface area (Å²) in [7, 11) is 0. The van der Waals surface area contributed by atoms with Crippen molar-refractivity contribution in [2.24, 2.45) is 11.7 Å². The second-order valence-electron chi connectivity index (χ2n) is 12.6. The third-order valence-corrected chi connectivity index (χ3v) is 7.92. The molecule has 1 saturated heterocycles. The number of ether oxygens (including phenoxy) is 2. The van der Waals surface area contributed by atoms with Crippen LogP contribution in [-0.2, 0) is 46.3 Å². The minimum absolute atomic E-state index is 0.0188. The number of phenolic OH excluding ortho intramolecular Hbond substituents is 1. The molecular formula is C34H47N5O12. The molecule has 3 rings (SSSR count). The van der Waals surface area contributed by atoms with E-state index in [-0.39, 0.29) is 30.9 Å². The van der Waals surface area contributed by atoms with Crippen LogP contribution in [0.3, 0.4) is 0 Å². The molecule has 1 fully saturated rings. The fourth-order valence-corrected chi connectivity index (χ4v) is 5.11. The monoisotopic (exact) mass is 717 g/mol. The second-order valence-corrected chi connectivity index (χ2v) is 12.6. The van der Waals surface area contributed by atoms with Crippen molar-refractivity contribution >= 4 is 29.6 Å². The van der Waals surface area contributed by atoms with Gasteiger partial charge in [-0.3, -0.25) is 19.2 Å². The van der Waals surface area contributed by atoms with E-state index in [1.165, 1.54) is 12.1 Å². The number of benzene rings is 2. The average Bonchev–Trinajstić information content (AvgIpc) is 3.10. The summed E-state index contributed by atoms with van der Waals surface area (Å²) in [6.45, 7) is 1.97. The molecule has 1 aliphatic heterocycles. The van der Waals surface area contributed by atoms with Gasteiger partial charge in [-0.25, -0.2) is 4.79 Å². The van der Waals surface area contributed by atoms with Crippen molar-refractivity contribution in [1.29, 1.82) is 0 Å². The number of carbonyl (C=O) groups excluding carboxylic acids is 5. The molecule has 1 unspecified atom stereocenters. The van der Waals surface area contributed by atoms with Crippen molar-refractivity contribution in [3.05, 3.63) is 65.7 Å². The molecule has 0 aromatic heterocycles. The molecule has 17 nitrogen and oxygen atoms in total. The lowest BCUT2D eigenvalue weighted by Crippen LogP contribution is -2.59. The number of carbonyl (C=O) groups is 5. The van der Waals surface area contributed by atoms with Gasteiger partial charge in [0.05, 0.1) is 19.1 Å². The van der Waals surface area contributed by atoms with E-state index in [4.69, 9.17) is 15.2 Å². The average molecular weight is 718 g/mol. The van der Waals surface area contributed by atoms with Gasteiger partial charge in [-0.05, 0) is 42.0 Å². The van der Waals surface area contributed by atoms with E-state index in [1.807, 2.05) is 0 Å². The molecular weight excluding hydrogens is 670 g/mol. The number of nitrogens with two attached hydrogens (primary N) is 1. The first-order chi connectivity index (χ1) is 24.1. The predicted molar refractivity (Wildman–Crippen MR) is 179 cm³/mol. The van der Waals surface area contributed by atoms with E-state index >= 15 is 0 Å². The van der Waals surface area contributed by atoms with E-state index in [0.717, 1.165) is 0 Å². The van der Waals surface area contributed by atoms with Gasteiger partial charge in [-0.1, -0.05) is 56.3 Å². The van der Waals surface area contributed by atoms with Crippen LogP contribution in [0.25, 0.3) is 0 Å². The quantitative estimate of drug-likeness (QED) is 0.0736. The number of rotatable bonds is 17. The summed E-state index contributed by atoms with van der Waals surface area (Å²) in [6.07, 6.45) is -8.09. The third kappa shape index (κ3) is 13.2. The zero-order chi connectivity index (χ0) is 37.7. The van der Waals surface area contributed by atoms with Gasteiger partial charge in [-0.15, -0.1) is 0 Å². The van der Waals surface area contributed by atoms with Crippen molar-refractivity contribution in [3.63, 3.8) is 0 Å². The lowest BCUT2D eigenvalue weighted by Gasteiger charge is -2.38. The molecule has 17 heteroatoms. The zero-order valence-electron chi connectivity index (χ0n) is 28.3. The van der Waals surface area contributed by atoms with E-state index in [0.29, 0.717) is 11.1 Å². The van der Waals surface area contributed by atoms with Gasteiger partial charge in [0.2, 0.25) is 23.6 Å². The molecule has 1 heterocycles. The fraction of sp³-hybridized carbons (Fsp3) is 0.500. The van der Waals surface area contributed by atoms with E-state index in [9.17, 15) is 49.5 Å². The van der Waals surface area contributed by atoms with Crippen molar-refractivity contribution in [1.82, 2.24) is 21.3 Å². The van der Waals surface area contributed by atoms with Crippen LogP contribution in [0.15, 0.2) is 54.6 Å². The Balaban J connectivity index is 1.57. The summed E-state index contributed by atoms with van der Waals surface area (Å²) >= 11 is 0. The van der Waals surface area contributed by atoms with Crippen LogP contribution >= 0.6 is 0 Å². The summed E-state index contributed by atoms with van der Waals surface area (Å²) in [4.78, 5) is 64.3. The lowest BCUT2D eigenvalue weighted by atomic mass is 9.99. The number of amides is 4. The third-order valence-electron chi connectivity index (χ3n) is 7.92. The number of esters is 1. The van der Waals surface area contributed by atoms with Crippen LogP contribution in [0.4, 0.5) is 0 Å². The van der Waals surface area contributed by atoms with Crippen molar-refractivity contribution < 1.29 is 59.0 Å². The highest BCUT2D eigenvalue weighted by atomic mass is 16.6. The van der Waals surface area contributed by atoms with E-state index in [1.54, 1.807) is 56.3 Å². The molecule has 0 saturated carbocycles. The van der Waals surface area contributed by atoms with E-state index in [2.05, 4.69) is 21.3 Å². The van der Waals surface area contributed by atoms with Crippen LogP contribution in [0, 0.1) is 5.92 Å². The van der Waals surface area contributed by atoms with Gasteiger partial charge in [-0.2, -0.15) is 0 Å². The molecule has 11 N–H and O–H groups in total. The number of hydrogen-bond acceptors (Lipinski definition) is 13. The van der Waals surface area contributed by atoms with Gasteiger partial charge in [0.15, 0.2) is 6.29 Å². The van der Waals surface area contributed by atoms with Gasteiger partial charge in [0.1, 0.15) is 48.9 Å². The highest BCUT2D eigenvalue weighted by Gasteiger charge is 2.43. The maximum atomic E-state index is 13.5. The summed E-state index contributed by atoms with van der Waals surface area (Å²) in [6, 6.07) is 11.5. The molecule has 1 aliphatic rings. The zero-order valence-corrected chi connectivity index (χ0v) is 28.3. The Hall–Kier alpha value is -4.65. The Morgan fingerprint density at radius 1 is 0.765 bits per heavy atom. The molecule has 0 aliphatic carbocycles. The van der Waals surface area contributed by atoms with Crippen LogP contribution in [-0.4, -0.2) is 124 Å². The summed E-state index contributed by atoms with van der Waals surface area (Å²) in [5, 5.41) is 58.8. The molecule has 2 aromatic carbocycles. The topological polar surface area (TPSA) is 279 Å². The van der Waals surface area contributed by atoms with Gasteiger partial charge in [0.25, 0.3) is 0 Å². The largest absolute Gasteiger partial charge is 0.508 e. The molecule has 280 valence electrons. The molecule has 0 bridgehead atoms. The highest BCUT2D eigenvalue weighted by Crippen LogP contribution is 2.20. The smallest absolute Gasteiger partial charge is 0.328 e. The van der Waals surface area contributed by atoms with Crippen LogP contribution < -0.4 is 27.0 Å². The number of aromatic hydroxyl groups is 1. The number of nitrogens with one attached hydrogen (secondary N) is 4. The Labute approximate surface area is 294 Å². The first-order valence-corrected chi connectivity index (χ1v) is 16.4. The molecule has 0 radical (unpaired) electrons. The van der Waals surface area contributed by atoms with Crippen molar-refractivity contribution in [2.75, 3.05) is 19.7 Å². The Bertz CT molecular complexity index is 1460. The lowest BCUT2D eigenvalue weighted by molar-refractivity contribution is -0.287. The molecule has 2 aromatic rings. The predicted octanol–water partition coefficient (Wildman–Crippen LogP) is -2.90. The molecule has 8 atom stereocenters. The van der Waals surface area contributed by atoms with Gasteiger partial charge in [0, 0.05) is 6.42 Å². The number of hydrogen-bond donors (Lipinski definition) is 10. The van der Waals surface area contributed by atoms with Gasteiger partial charge < -0.3 is 62.0 Å². The fourth-order valence-electron chi connectivity index (χ4n) is 5.11. The minimum Gasteiger partial charge on any atom is -0.508 e. The molecule has 0 spiro atoms. The second kappa shape index (κ2) is 19.7. The normalized spacial score (nSPS) is 21.8. The summed E-state index contributed by atoms with van der Waals surface area (Å²) in [5.41, 5.74) is 7.30. The number of phenols is 1. The maximum Gasteiger partial charge on any atom is 0.328 e. The summed E-state index contributed by atoms with van der Waals surface area (Å²) in [5.74, 6) is -3.73. The SMILES string of the molecule is CC(C)C[C@H](NC(=O)[C@H](Cc1ccccc1)NC(=O)CNC(=O)CNC(=O)[C@@H](N)Cc1ccc(O)cc1)C(=O)OC[C@H]1OC(O)[C@@H](O)[C@@H](O)[C@@H]1O. The molecule has 51 heavy (non-hydrogen) atoms. The Morgan fingerprint density at radius 3 is 2.04 bits per heavy atom. The highest BCUT2D eigenvalue weighted by molar-refractivity contribution is 5.93. The van der Waals surface area contributed by atoms with Gasteiger partial charge >= 0.3 is 5.97 Å². The first-order valence-electron chi connectivity index (χ1n) is 16.4. The van der Waals surface area contributed by atoms with E-state index < -0.39 is 98.1 Å². The number of aliphatic hydroxyl groups excluding tert-OH is 4. The molecule has 4 amide bonds. The van der Waals surface area contributed by atoms with Crippen LogP contribution in [0.1, 0.15) is 31.4 Å². The number of aliphatic hydroxyl groups is 4. The standard InChI is InChI=1S/C34H47N5O12/c1-18(2)12-24(33(48)50-17-25-28(43)29(44)30(45)34(49)51-25)39-32(47)23(14-19-6-4-3-5-7-19)38-27(42)16-36-26(41)15-37-31(46)22(35)13-20-8-10-21(40)11-9-20/h3-11,18,22-25,28-30,34,40,43-45,49H,12-17,35H2,1-2H3,(H,36,41)(H,37,46)(H,38,42)(H,39,47)/t22-,23-,24-,25+,28+,29-,30-,34?/m0/s1. The Kier molecular flexibility index (Phi) is 15.7.